The maximum absolute atomic E-state index is 12.1. The summed E-state index contributed by atoms with van der Waals surface area (Å²) >= 11 is 0. The van der Waals surface area contributed by atoms with Crippen molar-refractivity contribution in [1.82, 2.24) is 9.78 Å². The third kappa shape index (κ3) is 3.04. The molecule has 0 bridgehead atoms. The summed E-state index contributed by atoms with van der Waals surface area (Å²) in [7, 11) is 3.32. The minimum Gasteiger partial charge on any atom is -0.497 e. The normalized spacial score (nSPS) is 10.2. The number of carbonyl (C=O) groups excluding carboxylic acids is 1. The zero-order valence-electron chi connectivity index (χ0n) is 10.9. The van der Waals surface area contributed by atoms with Gasteiger partial charge in [-0.05, 0) is 30.3 Å². The number of amides is 1. The Morgan fingerprint density at radius 2 is 2.05 bits per heavy atom. The van der Waals surface area contributed by atoms with Crippen molar-refractivity contribution in [1.29, 1.82) is 0 Å². The van der Waals surface area contributed by atoms with Crippen molar-refractivity contribution in [3.05, 3.63) is 36.5 Å². The van der Waals surface area contributed by atoms with Gasteiger partial charge in [0, 0.05) is 18.9 Å². The van der Waals surface area contributed by atoms with Crippen LogP contribution >= 0.6 is 0 Å². The van der Waals surface area contributed by atoms with Gasteiger partial charge in [-0.2, -0.15) is 5.10 Å². The maximum Gasteiger partial charge on any atom is 0.248 e. The number of anilines is 2. The Bertz CT molecular complexity index is 562. The Morgan fingerprint density at radius 3 is 2.58 bits per heavy atom. The fourth-order valence-corrected chi connectivity index (χ4v) is 1.66. The molecular weight excluding hydrogens is 244 g/mol. The first-order valence-electron chi connectivity index (χ1n) is 5.79. The maximum atomic E-state index is 12.1. The van der Waals surface area contributed by atoms with Crippen molar-refractivity contribution in [2.75, 3.05) is 24.8 Å². The smallest absolute Gasteiger partial charge is 0.248 e. The Kier molecular flexibility index (Phi) is 3.70. The summed E-state index contributed by atoms with van der Waals surface area (Å²) in [4.78, 5) is 13.6. The summed E-state index contributed by atoms with van der Waals surface area (Å²) in [6.45, 7) is 0.153. The van der Waals surface area contributed by atoms with Crippen molar-refractivity contribution in [2.45, 2.75) is 6.54 Å². The summed E-state index contributed by atoms with van der Waals surface area (Å²) < 4.78 is 6.59. The molecule has 1 heterocycles. The minimum atomic E-state index is -0.0757. The molecule has 0 atom stereocenters. The van der Waals surface area contributed by atoms with Gasteiger partial charge < -0.3 is 15.4 Å². The van der Waals surface area contributed by atoms with Gasteiger partial charge in [0.05, 0.1) is 7.11 Å². The van der Waals surface area contributed by atoms with Crippen LogP contribution in [0.4, 0.5) is 11.5 Å². The number of rotatable bonds is 4. The van der Waals surface area contributed by atoms with E-state index in [-0.39, 0.29) is 12.5 Å². The van der Waals surface area contributed by atoms with E-state index in [4.69, 9.17) is 10.5 Å². The van der Waals surface area contributed by atoms with E-state index in [9.17, 15) is 4.79 Å². The lowest BCUT2D eigenvalue weighted by molar-refractivity contribution is -0.119. The predicted molar refractivity (Wildman–Crippen MR) is 73.0 cm³/mol. The van der Waals surface area contributed by atoms with Crippen molar-refractivity contribution >= 4 is 17.4 Å². The highest BCUT2D eigenvalue weighted by Gasteiger charge is 2.12. The quantitative estimate of drug-likeness (QED) is 0.894. The van der Waals surface area contributed by atoms with Gasteiger partial charge in [0.2, 0.25) is 5.91 Å². The Hall–Kier alpha value is -2.50. The predicted octanol–water partition coefficient (Wildman–Crippen LogP) is 1.14. The number of aromatic nitrogens is 2. The number of methoxy groups -OCH3 is 1. The van der Waals surface area contributed by atoms with Crippen molar-refractivity contribution in [2.24, 2.45) is 0 Å². The number of hydrogen-bond donors (Lipinski definition) is 1. The Labute approximate surface area is 111 Å². The van der Waals surface area contributed by atoms with E-state index in [1.54, 1.807) is 31.3 Å². The lowest BCUT2D eigenvalue weighted by atomic mass is 10.3. The number of carbonyl (C=O) groups is 1. The van der Waals surface area contributed by atoms with E-state index in [0.29, 0.717) is 5.82 Å². The number of nitrogens with zero attached hydrogens (tertiary/aromatic N) is 3. The molecule has 6 nitrogen and oxygen atoms in total. The molecule has 19 heavy (non-hydrogen) atoms. The molecule has 1 aromatic heterocycles. The average Bonchev–Trinajstić information content (AvgIpc) is 2.83. The number of likely N-dealkylation sites (N-methyl/N-ethyl adjacent to an activating group) is 1. The van der Waals surface area contributed by atoms with Crippen molar-refractivity contribution in [3.63, 3.8) is 0 Å². The van der Waals surface area contributed by atoms with Crippen LogP contribution in [0.3, 0.4) is 0 Å². The number of nitrogens with two attached hydrogens (primary N) is 1. The molecule has 2 rings (SSSR count). The van der Waals surface area contributed by atoms with Gasteiger partial charge in [0.15, 0.2) is 0 Å². The van der Waals surface area contributed by atoms with Gasteiger partial charge in [-0.1, -0.05) is 0 Å². The third-order valence-electron chi connectivity index (χ3n) is 2.79. The lowest BCUT2D eigenvalue weighted by Crippen LogP contribution is -2.30. The van der Waals surface area contributed by atoms with Crippen LogP contribution in [0.2, 0.25) is 0 Å². The second-order valence-corrected chi connectivity index (χ2v) is 4.09. The molecule has 6 heteroatoms. The van der Waals surface area contributed by atoms with Gasteiger partial charge in [-0.3, -0.25) is 9.48 Å². The van der Waals surface area contributed by atoms with Gasteiger partial charge in [0.1, 0.15) is 18.1 Å². The fourth-order valence-electron chi connectivity index (χ4n) is 1.66. The largest absolute Gasteiger partial charge is 0.497 e. The van der Waals surface area contributed by atoms with Crippen LogP contribution in [-0.2, 0) is 11.3 Å². The molecule has 0 spiro atoms. The number of benzene rings is 1. The summed E-state index contributed by atoms with van der Waals surface area (Å²) in [6, 6.07) is 8.93. The first-order valence-corrected chi connectivity index (χ1v) is 5.79. The van der Waals surface area contributed by atoms with Gasteiger partial charge in [0.25, 0.3) is 0 Å². The van der Waals surface area contributed by atoms with E-state index in [1.807, 2.05) is 24.3 Å². The second-order valence-electron chi connectivity index (χ2n) is 4.09. The SMILES string of the molecule is COc1ccc(N(C)C(=O)Cn2ccc(N)n2)cc1. The summed E-state index contributed by atoms with van der Waals surface area (Å²) in [5.74, 6) is 1.08. The summed E-state index contributed by atoms with van der Waals surface area (Å²) in [6.07, 6.45) is 1.68. The summed E-state index contributed by atoms with van der Waals surface area (Å²) in [5, 5.41) is 3.98. The van der Waals surface area contributed by atoms with Gasteiger partial charge >= 0.3 is 0 Å². The molecule has 0 saturated heterocycles. The standard InChI is InChI=1S/C13H16N4O2/c1-16(10-3-5-11(19-2)6-4-10)13(18)9-17-8-7-12(14)15-17/h3-8H,9H2,1-2H3,(H2,14,15). The average molecular weight is 260 g/mol. The van der Waals surface area contributed by atoms with Crippen LogP contribution in [0.1, 0.15) is 0 Å². The molecule has 2 aromatic rings. The molecule has 0 aliphatic rings. The molecular formula is C13H16N4O2. The highest BCUT2D eigenvalue weighted by atomic mass is 16.5. The highest BCUT2D eigenvalue weighted by molar-refractivity contribution is 5.92. The molecule has 0 unspecified atom stereocenters. The Balaban J connectivity index is 2.05. The van der Waals surface area contributed by atoms with Crippen LogP contribution in [0.25, 0.3) is 0 Å². The van der Waals surface area contributed by atoms with Gasteiger partial charge in [-0.25, -0.2) is 0 Å². The number of nitrogen functional groups attached to an aromatic ring is 1. The van der Waals surface area contributed by atoms with Crippen molar-refractivity contribution in [3.8, 4) is 5.75 Å². The van der Waals surface area contributed by atoms with Crippen LogP contribution in [0.15, 0.2) is 36.5 Å². The molecule has 0 fully saturated rings. The first-order chi connectivity index (χ1) is 9.10. The van der Waals surface area contributed by atoms with E-state index < -0.39 is 0 Å². The van der Waals surface area contributed by atoms with Crippen molar-refractivity contribution < 1.29 is 9.53 Å². The Morgan fingerprint density at radius 1 is 1.37 bits per heavy atom. The highest BCUT2D eigenvalue weighted by Crippen LogP contribution is 2.18. The van der Waals surface area contributed by atoms with E-state index in [0.717, 1.165) is 11.4 Å². The van der Waals surface area contributed by atoms with Crippen LogP contribution in [-0.4, -0.2) is 29.8 Å². The monoisotopic (exact) mass is 260 g/mol. The summed E-state index contributed by atoms with van der Waals surface area (Å²) in [5.41, 5.74) is 6.30. The topological polar surface area (TPSA) is 73.4 Å². The molecule has 1 amide bonds. The van der Waals surface area contributed by atoms with Crippen LogP contribution in [0.5, 0.6) is 5.75 Å². The molecule has 0 radical (unpaired) electrons. The molecule has 100 valence electrons. The van der Waals surface area contributed by atoms with Crippen LogP contribution < -0.4 is 15.4 Å². The van der Waals surface area contributed by atoms with E-state index in [1.165, 1.54) is 4.68 Å². The molecule has 0 saturated carbocycles. The molecule has 1 aromatic carbocycles. The van der Waals surface area contributed by atoms with Crippen LogP contribution in [0, 0.1) is 0 Å². The number of ether oxygens (including phenoxy) is 1. The zero-order valence-corrected chi connectivity index (χ0v) is 10.9. The lowest BCUT2D eigenvalue weighted by Gasteiger charge is -2.17. The van der Waals surface area contributed by atoms with E-state index in [2.05, 4.69) is 5.10 Å². The molecule has 0 aliphatic carbocycles. The fraction of sp³-hybridized carbons (Fsp3) is 0.231. The number of hydrogen-bond acceptors (Lipinski definition) is 4. The molecule has 0 aliphatic heterocycles. The second kappa shape index (κ2) is 5.43. The zero-order chi connectivity index (χ0) is 13.8. The first kappa shape index (κ1) is 12.9. The van der Waals surface area contributed by atoms with E-state index >= 15 is 0 Å². The minimum absolute atomic E-state index is 0.0757. The molecule has 2 N–H and O–H groups in total. The van der Waals surface area contributed by atoms with Gasteiger partial charge in [-0.15, -0.1) is 0 Å². The third-order valence-corrected chi connectivity index (χ3v) is 2.79.